The zero-order valence-electron chi connectivity index (χ0n) is 12.1. The van der Waals surface area contributed by atoms with Crippen molar-refractivity contribution in [2.24, 2.45) is 5.92 Å². The molecule has 0 N–H and O–H groups in total. The number of benzene rings is 1. The zero-order valence-corrected chi connectivity index (χ0v) is 12.8. The molecule has 4 heteroatoms. The first-order valence-electron chi connectivity index (χ1n) is 7.11. The molecule has 0 unspecified atom stereocenters. The van der Waals surface area contributed by atoms with Crippen LogP contribution in [0.3, 0.4) is 0 Å². The van der Waals surface area contributed by atoms with E-state index >= 15 is 0 Å². The van der Waals surface area contributed by atoms with Gasteiger partial charge in [-0.25, -0.2) is 0 Å². The van der Waals surface area contributed by atoms with Gasteiger partial charge in [0.05, 0.1) is 13.2 Å². The second-order valence-corrected chi connectivity index (χ2v) is 5.39. The van der Waals surface area contributed by atoms with Crippen molar-refractivity contribution in [1.29, 1.82) is 0 Å². The molecule has 0 saturated carbocycles. The largest absolute Gasteiger partial charge is 0.493 e. The Morgan fingerprint density at radius 2 is 2.10 bits per heavy atom. The summed E-state index contributed by atoms with van der Waals surface area (Å²) < 4.78 is 7.86. The van der Waals surface area contributed by atoms with Crippen molar-refractivity contribution in [2.45, 2.75) is 33.2 Å². The Hall–Kier alpha value is -1.48. The molecule has 0 aliphatic carbocycles. The Morgan fingerprint density at radius 1 is 1.30 bits per heavy atom. The molecule has 0 aliphatic rings. The van der Waals surface area contributed by atoms with Crippen molar-refractivity contribution in [3.05, 3.63) is 47.2 Å². The van der Waals surface area contributed by atoms with Gasteiger partial charge in [0.2, 0.25) is 0 Å². The molecule has 1 aromatic heterocycles. The summed E-state index contributed by atoms with van der Waals surface area (Å²) in [5, 5.41) is 4.95. The third-order valence-corrected chi connectivity index (χ3v) is 3.78. The first-order valence-corrected chi connectivity index (χ1v) is 7.49. The van der Waals surface area contributed by atoms with Crippen molar-refractivity contribution in [3.8, 4) is 5.75 Å². The average Bonchev–Trinajstić information content (AvgIpc) is 2.95. The quantitative estimate of drug-likeness (QED) is 0.756. The summed E-state index contributed by atoms with van der Waals surface area (Å²) in [5.74, 6) is 1.50. The molecule has 0 amide bonds. The monoisotopic (exact) mass is 292 g/mol. The van der Waals surface area contributed by atoms with E-state index in [1.54, 1.807) is 6.20 Å². The van der Waals surface area contributed by atoms with Crippen LogP contribution >= 0.6 is 11.6 Å². The summed E-state index contributed by atoms with van der Waals surface area (Å²) in [6.07, 6.45) is 5.98. The van der Waals surface area contributed by atoms with Crippen LogP contribution in [0.4, 0.5) is 0 Å². The van der Waals surface area contributed by atoms with Gasteiger partial charge in [0.1, 0.15) is 5.75 Å². The van der Waals surface area contributed by atoms with Gasteiger partial charge in [0.25, 0.3) is 0 Å². The molecule has 2 rings (SSSR count). The summed E-state index contributed by atoms with van der Waals surface area (Å²) >= 11 is 6.09. The third-order valence-electron chi connectivity index (χ3n) is 3.54. The van der Waals surface area contributed by atoms with Gasteiger partial charge in [-0.15, -0.1) is 0 Å². The molecular formula is C16H21ClN2O. The fraction of sp³-hybridized carbons (Fsp3) is 0.438. The predicted molar refractivity (Wildman–Crippen MR) is 82.3 cm³/mol. The molecule has 0 aliphatic heterocycles. The van der Waals surface area contributed by atoms with Crippen molar-refractivity contribution in [2.75, 3.05) is 6.61 Å². The second kappa shape index (κ2) is 7.34. The molecule has 0 atom stereocenters. The highest BCUT2D eigenvalue weighted by Gasteiger charge is 2.09. The van der Waals surface area contributed by atoms with Gasteiger partial charge in [-0.3, -0.25) is 4.68 Å². The summed E-state index contributed by atoms with van der Waals surface area (Å²) in [4.78, 5) is 0. The van der Waals surface area contributed by atoms with Crippen LogP contribution in [-0.2, 0) is 6.54 Å². The third kappa shape index (κ3) is 4.01. The lowest BCUT2D eigenvalue weighted by atomic mass is 10.1. The molecule has 2 aromatic rings. The van der Waals surface area contributed by atoms with Crippen LogP contribution in [0.25, 0.3) is 0 Å². The molecule has 1 heterocycles. The summed E-state index contributed by atoms with van der Waals surface area (Å²) in [6.45, 7) is 5.82. The molecule has 20 heavy (non-hydrogen) atoms. The minimum atomic E-state index is 0.600. The van der Waals surface area contributed by atoms with Crippen LogP contribution < -0.4 is 4.74 Å². The molecule has 0 bridgehead atoms. The fourth-order valence-electron chi connectivity index (χ4n) is 2.11. The highest BCUT2D eigenvalue weighted by molar-refractivity contribution is 6.30. The lowest BCUT2D eigenvalue weighted by Crippen LogP contribution is -2.12. The van der Waals surface area contributed by atoms with E-state index in [1.165, 1.54) is 0 Å². The highest BCUT2D eigenvalue weighted by atomic mass is 35.5. The Kier molecular flexibility index (Phi) is 5.48. The number of halogens is 1. The molecular weight excluding hydrogens is 272 g/mol. The average molecular weight is 293 g/mol. The molecule has 1 aromatic carbocycles. The van der Waals surface area contributed by atoms with E-state index in [4.69, 9.17) is 16.3 Å². The first kappa shape index (κ1) is 14.9. The summed E-state index contributed by atoms with van der Waals surface area (Å²) in [6, 6.07) is 7.68. The maximum Gasteiger partial charge on any atom is 0.124 e. The van der Waals surface area contributed by atoms with Crippen LogP contribution in [0, 0.1) is 5.92 Å². The minimum absolute atomic E-state index is 0.600. The van der Waals surface area contributed by atoms with E-state index in [0.29, 0.717) is 12.5 Å². The van der Waals surface area contributed by atoms with Gasteiger partial charge in [-0.2, -0.15) is 5.10 Å². The van der Waals surface area contributed by atoms with Crippen LogP contribution in [0.1, 0.15) is 32.3 Å². The van der Waals surface area contributed by atoms with Crippen LogP contribution in [-0.4, -0.2) is 16.4 Å². The van der Waals surface area contributed by atoms with Crippen molar-refractivity contribution in [3.63, 3.8) is 0 Å². The summed E-state index contributed by atoms with van der Waals surface area (Å²) in [7, 11) is 0. The lowest BCUT2D eigenvalue weighted by Gasteiger charge is -2.16. The maximum atomic E-state index is 6.09. The van der Waals surface area contributed by atoms with Gasteiger partial charge in [0, 0.05) is 23.0 Å². The van der Waals surface area contributed by atoms with Gasteiger partial charge in [-0.05, 0) is 30.2 Å². The second-order valence-electron chi connectivity index (χ2n) is 4.95. The van der Waals surface area contributed by atoms with Crippen LogP contribution in [0.2, 0.25) is 5.02 Å². The minimum Gasteiger partial charge on any atom is -0.493 e. The number of aromatic nitrogens is 2. The van der Waals surface area contributed by atoms with Gasteiger partial charge < -0.3 is 4.74 Å². The van der Waals surface area contributed by atoms with E-state index in [0.717, 1.165) is 35.8 Å². The van der Waals surface area contributed by atoms with Crippen molar-refractivity contribution in [1.82, 2.24) is 9.78 Å². The Labute approximate surface area is 125 Å². The molecule has 0 radical (unpaired) electrons. The van der Waals surface area contributed by atoms with Gasteiger partial charge in [0.15, 0.2) is 0 Å². The van der Waals surface area contributed by atoms with E-state index in [-0.39, 0.29) is 0 Å². The maximum absolute atomic E-state index is 6.09. The topological polar surface area (TPSA) is 27.1 Å². The zero-order chi connectivity index (χ0) is 14.4. The number of hydrogen-bond acceptors (Lipinski definition) is 2. The molecule has 3 nitrogen and oxygen atoms in total. The Morgan fingerprint density at radius 3 is 2.75 bits per heavy atom. The molecule has 108 valence electrons. The van der Waals surface area contributed by atoms with Gasteiger partial charge in [-0.1, -0.05) is 38.3 Å². The SMILES string of the molecule is CCC(CC)COc1ccc(Cl)cc1Cn1cccn1. The Bertz CT molecular complexity index is 521. The fourth-order valence-corrected chi connectivity index (χ4v) is 2.31. The van der Waals surface area contributed by atoms with Crippen LogP contribution in [0.5, 0.6) is 5.75 Å². The van der Waals surface area contributed by atoms with Crippen LogP contribution in [0.15, 0.2) is 36.7 Å². The normalized spacial score (nSPS) is 11.0. The summed E-state index contributed by atoms with van der Waals surface area (Å²) in [5.41, 5.74) is 1.06. The molecule has 0 fully saturated rings. The highest BCUT2D eigenvalue weighted by Crippen LogP contribution is 2.25. The van der Waals surface area contributed by atoms with Gasteiger partial charge >= 0.3 is 0 Å². The van der Waals surface area contributed by atoms with E-state index < -0.39 is 0 Å². The first-order chi connectivity index (χ1) is 9.72. The number of rotatable bonds is 7. The predicted octanol–water partition coefficient (Wildman–Crippen LogP) is 4.40. The van der Waals surface area contributed by atoms with E-state index in [2.05, 4.69) is 18.9 Å². The Balaban J connectivity index is 2.11. The number of ether oxygens (including phenoxy) is 1. The number of nitrogens with zero attached hydrogens (tertiary/aromatic N) is 2. The number of hydrogen-bond donors (Lipinski definition) is 0. The van der Waals surface area contributed by atoms with Crippen molar-refractivity contribution < 1.29 is 4.74 Å². The van der Waals surface area contributed by atoms with E-state index in [1.807, 2.05) is 35.1 Å². The lowest BCUT2D eigenvalue weighted by molar-refractivity contribution is 0.238. The molecule has 0 saturated heterocycles. The standard InChI is InChI=1S/C16H21ClN2O/c1-3-13(4-2)12-20-16-7-6-15(17)10-14(16)11-19-9-5-8-18-19/h5-10,13H,3-4,11-12H2,1-2H3. The van der Waals surface area contributed by atoms with E-state index in [9.17, 15) is 0 Å². The van der Waals surface area contributed by atoms with Crippen molar-refractivity contribution >= 4 is 11.6 Å². The smallest absolute Gasteiger partial charge is 0.124 e. The molecule has 0 spiro atoms.